The molecule has 0 aromatic heterocycles. The van der Waals surface area contributed by atoms with E-state index in [0.717, 1.165) is 31.2 Å². The highest BCUT2D eigenvalue weighted by Gasteiger charge is 2.21. The van der Waals surface area contributed by atoms with Gasteiger partial charge in [-0.1, -0.05) is 43.2 Å². The summed E-state index contributed by atoms with van der Waals surface area (Å²) in [6.07, 6.45) is 4.76. The van der Waals surface area contributed by atoms with Crippen molar-refractivity contribution < 1.29 is 19.5 Å². The molecule has 1 atom stereocenters. The third kappa shape index (κ3) is 6.57. The predicted octanol–water partition coefficient (Wildman–Crippen LogP) is 1.84. The van der Waals surface area contributed by atoms with Gasteiger partial charge in [0.1, 0.15) is 0 Å². The van der Waals surface area contributed by atoms with Crippen LogP contribution in [-0.4, -0.2) is 47.4 Å². The van der Waals surface area contributed by atoms with Gasteiger partial charge in [-0.3, -0.25) is 14.4 Å². The first-order valence-electron chi connectivity index (χ1n) is 8.87. The lowest BCUT2D eigenvalue weighted by Crippen LogP contribution is -2.43. The van der Waals surface area contributed by atoms with E-state index < -0.39 is 11.9 Å². The Morgan fingerprint density at radius 3 is 2.56 bits per heavy atom. The number of hydrogen-bond donors (Lipinski definition) is 2. The molecular formula is C19H26N2O4. The van der Waals surface area contributed by atoms with Crippen molar-refractivity contribution in [3.63, 3.8) is 0 Å². The van der Waals surface area contributed by atoms with Gasteiger partial charge in [0.25, 0.3) is 0 Å². The number of nitrogens with one attached hydrogen (secondary N) is 1. The van der Waals surface area contributed by atoms with Gasteiger partial charge in [-0.2, -0.15) is 0 Å². The molecule has 2 N–H and O–H groups in total. The van der Waals surface area contributed by atoms with E-state index in [1.807, 2.05) is 30.3 Å². The average Bonchev–Trinajstić information content (AvgIpc) is 2.59. The van der Waals surface area contributed by atoms with Crippen molar-refractivity contribution in [3.05, 3.63) is 35.9 Å². The minimum absolute atomic E-state index is 0.00826. The minimum atomic E-state index is -0.938. The summed E-state index contributed by atoms with van der Waals surface area (Å²) in [4.78, 5) is 37.2. The fourth-order valence-electron chi connectivity index (χ4n) is 2.99. The zero-order chi connectivity index (χ0) is 18.1. The van der Waals surface area contributed by atoms with Crippen molar-refractivity contribution in [1.29, 1.82) is 0 Å². The van der Waals surface area contributed by atoms with Crippen LogP contribution >= 0.6 is 0 Å². The number of carboxylic acids is 1. The number of hydrogen-bond acceptors (Lipinski definition) is 3. The van der Waals surface area contributed by atoms with Crippen molar-refractivity contribution in [3.8, 4) is 0 Å². The van der Waals surface area contributed by atoms with E-state index in [2.05, 4.69) is 5.32 Å². The van der Waals surface area contributed by atoms with Crippen LogP contribution in [0, 0.1) is 5.92 Å². The van der Waals surface area contributed by atoms with Crippen LogP contribution in [0.1, 0.15) is 37.7 Å². The standard InChI is InChI=1S/C19H26N2O4/c22-17(14-21-11-7-2-1-6-10-18(21)23)20-13-16(19(24)25)12-15-8-4-3-5-9-15/h3-5,8-9,16H,1-2,6-7,10-14H2,(H,20,22)(H,24,25). The SMILES string of the molecule is O=C(CN1CCCCCCC1=O)NCC(Cc1ccccc1)C(=O)O. The highest BCUT2D eigenvalue weighted by atomic mass is 16.4. The zero-order valence-corrected chi connectivity index (χ0v) is 14.4. The van der Waals surface area contributed by atoms with E-state index in [1.165, 1.54) is 0 Å². The van der Waals surface area contributed by atoms with E-state index in [0.29, 0.717) is 19.4 Å². The Labute approximate surface area is 148 Å². The first-order valence-corrected chi connectivity index (χ1v) is 8.87. The van der Waals surface area contributed by atoms with Gasteiger partial charge in [-0.15, -0.1) is 0 Å². The molecule has 2 amide bonds. The molecule has 1 saturated heterocycles. The maximum atomic E-state index is 12.1. The Hall–Kier alpha value is -2.37. The molecule has 2 rings (SSSR count). The summed E-state index contributed by atoms with van der Waals surface area (Å²) < 4.78 is 0. The third-order valence-electron chi connectivity index (χ3n) is 4.48. The molecule has 1 heterocycles. The van der Waals surface area contributed by atoms with Crippen LogP contribution in [0.4, 0.5) is 0 Å². The first-order chi connectivity index (χ1) is 12.1. The molecule has 0 spiro atoms. The Morgan fingerprint density at radius 1 is 1.12 bits per heavy atom. The summed E-state index contributed by atoms with van der Waals surface area (Å²) in [7, 11) is 0. The summed E-state index contributed by atoms with van der Waals surface area (Å²) in [6.45, 7) is 0.667. The Balaban J connectivity index is 1.83. The lowest BCUT2D eigenvalue weighted by molar-refractivity contribution is -0.142. The monoisotopic (exact) mass is 346 g/mol. The van der Waals surface area contributed by atoms with Crippen molar-refractivity contribution in [2.45, 2.75) is 38.5 Å². The smallest absolute Gasteiger partial charge is 0.308 e. The van der Waals surface area contributed by atoms with Crippen LogP contribution in [0.3, 0.4) is 0 Å². The second-order valence-corrected chi connectivity index (χ2v) is 6.51. The summed E-state index contributed by atoms with van der Waals surface area (Å²) in [5.74, 6) is -1.91. The highest BCUT2D eigenvalue weighted by molar-refractivity contribution is 5.85. The van der Waals surface area contributed by atoms with Crippen LogP contribution in [0.5, 0.6) is 0 Å². The first kappa shape index (κ1) is 19.0. The number of aliphatic carboxylic acids is 1. The Morgan fingerprint density at radius 2 is 1.84 bits per heavy atom. The molecule has 1 aliphatic rings. The maximum absolute atomic E-state index is 12.1. The second-order valence-electron chi connectivity index (χ2n) is 6.51. The fourth-order valence-corrected chi connectivity index (χ4v) is 2.99. The number of benzene rings is 1. The number of nitrogens with zero attached hydrogens (tertiary/aromatic N) is 1. The van der Waals surface area contributed by atoms with Crippen molar-refractivity contribution in [2.75, 3.05) is 19.6 Å². The van der Waals surface area contributed by atoms with Crippen LogP contribution < -0.4 is 5.32 Å². The third-order valence-corrected chi connectivity index (χ3v) is 4.48. The van der Waals surface area contributed by atoms with E-state index in [-0.39, 0.29) is 24.9 Å². The molecule has 0 aliphatic carbocycles. The lowest BCUT2D eigenvalue weighted by Gasteiger charge is -2.24. The van der Waals surface area contributed by atoms with Crippen molar-refractivity contribution in [1.82, 2.24) is 10.2 Å². The Bertz CT molecular complexity index is 588. The summed E-state index contributed by atoms with van der Waals surface area (Å²) >= 11 is 0. The molecule has 6 heteroatoms. The number of rotatable bonds is 7. The average molecular weight is 346 g/mol. The van der Waals surface area contributed by atoms with Crippen LogP contribution in [0.2, 0.25) is 0 Å². The molecule has 1 aromatic rings. The van der Waals surface area contributed by atoms with Crippen molar-refractivity contribution >= 4 is 17.8 Å². The molecule has 1 unspecified atom stereocenters. The maximum Gasteiger partial charge on any atom is 0.308 e. The van der Waals surface area contributed by atoms with Gasteiger partial charge in [-0.25, -0.2) is 0 Å². The fraction of sp³-hybridized carbons (Fsp3) is 0.526. The van der Waals surface area contributed by atoms with Gasteiger partial charge in [0, 0.05) is 19.5 Å². The molecule has 25 heavy (non-hydrogen) atoms. The predicted molar refractivity (Wildman–Crippen MR) is 93.9 cm³/mol. The zero-order valence-electron chi connectivity index (χ0n) is 14.4. The van der Waals surface area contributed by atoms with E-state index in [9.17, 15) is 19.5 Å². The van der Waals surface area contributed by atoms with Gasteiger partial charge < -0.3 is 15.3 Å². The van der Waals surface area contributed by atoms with Gasteiger partial charge in [0.2, 0.25) is 11.8 Å². The number of carbonyl (C=O) groups excluding carboxylic acids is 2. The van der Waals surface area contributed by atoms with Gasteiger partial charge in [0.15, 0.2) is 0 Å². The van der Waals surface area contributed by atoms with Gasteiger partial charge >= 0.3 is 5.97 Å². The highest BCUT2D eigenvalue weighted by Crippen LogP contribution is 2.12. The van der Waals surface area contributed by atoms with Crippen LogP contribution in [0.15, 0.2) is 30.3 Å². The number of likely N-dealkylation sites (tertiary alicyclic amines) is 1. The largest absolute Gasteiger partial charge is 0.481 e. The van der Waals surface area contributed by atoms with Crippen LogP contribution in [0.25, 0.3) is 0 Å². The van der Waals surface area contributed by atoms with Crippen molar-refractivity contribution in [2.24, 2.45) is 5.92 Å². The topological polar surface area (TPSA) is 86.7 Å². The quantitative estimate of drug-likeness (QED) is 0.789. The van der Waals surface area contributed by atoms with E-state index in [4.69, 9.17) is 0 Å². The van der Waals surface area contributed by atoms with Gasteiger partial charge in [0.05, 0.1) is 12.5 Å². The summed E-state index contributed by atoms with van der Waals surface area (Å²) in [5, 5.41) is 12.0. The normalized spacial score (nSPS) is 16.6. The molecule has 1 fully saturated rings. The molecule has 6 nitrogen and oxygen atoms in total. The molecular weight excluding hydrogens is 320 g/mol. The summed E-state index contributed by atoms with van der Waals surface area (Å²) in [6, 6.07) is 9.34. The van der Waals surface area contributed by atoms with E-state index in [1.54, 1.807) is 4.90 Å². The minimum Gasteiger partial charge on any atom is -0.481 e. The second kappa shape index (κ2) is 9.81. The molecule has 1 aliphatic heterocycles. The molecule has 1 aromatic carbocycles. The van der Waals surface area contributed by atoms with Crippen LogP contribution in [-0.2, 0) is 20.8 Å². The number of amides is 2. The molecule has 0 bridgehead atoms. The molecule has 136 valence electrons. The molecule has 0 radical (unpaired) electrons. The molecule has 0 saturated carbocycles. The summed E-state index contributed by atoms with van der Waals surface area (Å²) in [5.41, 5.74) is 0.920. The lowest BCUT2D eigenvalue weighted by atomic mass is 9.99. The number of carboxylic acid groups (broad SMARTS) is 1. The number of carbonyl (C=O) groups is 3. The van der Waals surface area contributed by atoms with E-state index >= 15 is 0 Å². The van der Waals surface area contributed by atoms with Gasteiger partial charge in [-0.05, 0) is 24.8 Å². The Kier molecular flexibility index (Phi) is 7.44.